The molecule has 0 aromatic heterocycles. The average Bonchev–Trinajstić information content (AvgIpc) is 2.04. The molecule has 3 heteroatoms. The first kappa shape index (κ1) is 12.2. The molecule has 0 rings (SSSR count). The van der Waals surface area contributed by atoms with E-state index in [0.29, 0.717) is 13.0 Å². The fourth-order valence-corrected chi connectivity index (χ4v) is 1.05. The SMILES string of the molecule is C=CC(C)NC(C)CC(=O)OCC. The Hall–Kier alpha value is -0.830. The topological polar surface area (TPSA) is 38.3 Å². The number of nitrogens with one attached hydrogen (secondary N) is 1. The van der Waals surface area contributed by atoms with Gasteiger partial charge in [-0.1, -0.05) is 6.08 Å². The Balaban J connectivity index is 3.66. The van der Waals surface area contributed by atoms with Crippen LogP contribution >= 0.6 is 0 Å². The second-order valence-corrected chi connectivity index (χ2v) is 3.10. The van der Waals surface area contributed by atoms with Crippen LogP contribution in [-0.4, -0.2) is 24.7 Å². The lowest BCUT2D eigenvalue weighted by molar-refractivity contribution is -0.143. The summed E-state index contributed by atoms with van der Waals surface area (Å²) in [5.41, 5.74) is 0. The van der Waals surface area contributed by atoms with Crippen LogP contribution in [0.15, 0.2) is 12.7 Å². The predicted molar refractivity (Wildman–Crippen MR) is 53.5 cm³/mol. The van der Waals surface area contributed by atoms with Crippen LogP contribution in [0.2, 0.25) is 0 Å². The predicted octanol–water partition coefficient (Wildman–Crippen LogP) is 1.49. The van der Waals surface area contributed by atoms with Gasteiger partial charge in [0.15, 0.2) is 0 Å². The molecule has 0 saturated heterocycles. The maximum absolute atomic E-state index is 11.0. The molecule has 0 aliphatic carbocycles. The zero-order valence-corrected chi connectivity index (χ0v) is 8.67. The van der Waals surface area contributed by atoms with E-state index in [0.717, 1.165) is 0 Å². The second-order valence-electron chi connectivity index (χ2n) is 3.10. The van der Waals surface area contributed by atoms with Crippen LogP contribution in [0.5, 0.6) is 0 Å². The number of esters is 1. The van der Waals surface area contributed by atoms with Crippen LogP contribution in [0.25, 0.3) is 0 Å². The summed E-state index contributed by atoms with van der Waals surface area (Å²) in [4.78, 5) is 11.0. The van der Waals surface area contributed by atoms with E-state index in [1.54, 1.807) is 0 Å². The molecule has 0 aromatic carbocycles. The van der Waals surface area contributed by atoms with E-state index in [4.69, 9.17) is 4.74 Å². The summed E-state index contributed by atoms with van der Waals surface area (Å²) in [5, 5.41) is 3.20. The molecule has 2 atom stereocenters. The smallest absolute Gasteiger partial charge is 0.307 e. The van der Waals surface area contributed by atoms with Crippen molar-refractivity contribution in [1.82, 2.24) is 5.32 Å². The lowest BCUT2D eigenvalue weighted by Gasteiger charge is -2.16. The highest BCUT2D eigenvalue weighted by Gasteiger charge is 2.10. The number of hydrogen-bond acceptors (Lipinski definition) is 3. The van der Waals surface area contributed by atoms with E-state index in [1.165, 1.54) is 0 Å². The maximum Gasteiger partial charge on any atom is 0.307 e. The van der Waals surface area contributed by atoms with E-state index in [9.17, 15) is 4.79 Å². The summed E-state index contributed by atoms with van der Waals surface area (Å²) in [6.07, 6.45) is 2.22. The molecule has 0 bridgehead atoms. The van der Waals surface area contributed by atoms with Gasteiger partial charge >= 0.3 is 5.97 Å². The van der Waals surface area contributed by atoms with E-state index in [1.807, 2.05) is 26.8 Å². The largest absolute Gasteiger partial charge is 0.466 e. The quantitative estimate of drug-likeness (QED) is 0.503. The Morgan fingerprint density at radius 2 is 2.23 bits per heavy atom. The molecule has 0 amide bonds. The summed E-state index contributed by atoms with van der Waals surface area (Å²) in [6, 6.07) is 0.358. The van der Waals surface area contributed by atoms with Gasteiger partial charge < -0.3 is 10.1 Å². The minimum atomic E-state index is -0.154. The van der Waals surface area contributed by atoms with E-state index in [2.05, 4.69) is 11.9 Å². The van der Waals surface area contributed by atoms with E-state index in [-0.39, 0.29) is 18.1 Å². The number of carbonyl (C=O) groups is 1. The zero-order valence-electron chi connectivity index (χ0n) is 8.67. The van der Waals surface area contributed by atoms with Gasteiger partial charge in [-0.3, -0.25) is 4.79 Å². The highest BCUT2D eigenvalue weighted by atomic mass is 16.5. The van der Waals surface area contributed by atoms with Crippen molar-refractivity contribution in [3.63, 3.8) is 0 Å². The molecule has 0 heterocycles. The molecule has 0 fully saturated rings. The van der Waals surface area contributed by atoms with Gasteiger partial charge in [-0.05, 0) is 20.8 Å². The molecule has 3 nitrogen and oxygen atoms in total. The number of rotatable bonds is 6. The van der Waals surface area contributed by atoms with Crippen LogP contribution in [0.1, 0.15) is 27.2 Å². The third-order valence-corrected chi connectivity index (χ3v) is 1.68. The minimum absolute atomic E-state index is 0.132. The van der Waals surface area contributed by atoms with Crippen molar-refractivity contribution in [3.8, 4) is 0 Å². The fraction of sp³-hybridized carbons (Fsp3) is 0.700. The molecule has 2 unspecified atom stereocenters. The van der Waals surface area contributed by atoms with Crippen LogP contribution < -0.4 is 5.32 Å². The van der Waals surface area contributed by atoms with E-state index < -0.39 is 0 Å². The van der Waals surface area contributed by atoms with Crippen LogP contribution in [0, 0.1) is 0 Å². The van der Waals surface area contributed by atoms with Gasteiger partial charge in [-0.25, -0.2) is 0 Å². The molecule has 0 spiro atoms. The van der Waals surface area contributed by atoms with Crippen molar-refractivity contribution in [2.75, 3.05) is 6.61 Å². The fourth-order valence-electron chi connectivity index (χ4n) is 1.05. The first-order valence-electron chi connectivity index (χ1n) is 4.64. The normalized spacial score (nSPS) is 14.7. The molecule has 13 heavy (non-hydrogen) atoms. The summed E-state index contributed by atoms with van der Waals surface area (Å²) in [6.45, 7) is 9.86. The molecular formula is C10H19NO2. The lowest BCUT2D eigenvalue weighted by Crippen LogP contribution is -2.35. The Bertz CT molecular complexity index is 168. The van der Waals surface area contributed by atoms with Gasteiger partial charge in [0, 0.05) is 12.1 Å². The number of carbonyl (C=O) groups excluding carboxylic acids is 1. The maximum atomic E-state index is 11.0. The van der Waals surface area contributed by atoms with Crippen molar-refractivity contribution >= 4 is 5.97 Å². The average molecular weight is 185 g/mol. The van der Waals surface area contributed by atoms with Crippen molar-refractivity contribution in [1.29, 1.82) is 0 Å². The first-order valence-corrected chi connectivity index (χ1v) is 4.64. The van der Waals surface area contributed by atoms with Gasteiger partial charge in [-0.2, -0.15) is 0 Å². The minimum Gasteiger partial charge on any atom is -0.466 e. The van der Waals surface area contributed by atoms with Crippen molar-refractivity contribution < 1.29 is 9.53 Å². The second kappa shape index (κ2) is 6.66. The van der Waals surface area contributed by atoms with Gasteiger partial charge in [0.05, 0.1) is 13.0 Å². The molecule has 0 saturated carbocycles. The molecule has 0 radical (unpaired) electrons. The third kappa shape index (κ3) is 6.34. The lowest BCUT2D eigenvalue weighted by atomic mass is 10.2. The number of ether oxygens (including phenoxy) is 1. The molecule has 76 valence electrons. The summed E-state index contributed by atoms with van der Waals surface area (Å²) in [7, 11) is 0. The first-order chi connectivity index (χ1) is 6.10. The Morgan fingerprint density at radius 1 is 1.62 bits per heavy atom. The van der Waals surface area contributed by atoms with Crippen molar-refractivity contribution in [2.24, 2.45) is 0 Å². The monoisotopic (exact) mass is 185 g/mol. The van der Waals surface area contributed by atoms with Gasteiger partial charge in [0.1, 0.15) is 0 Å². The van der Waals surface area contributed by atoms with Gasteiger partial charge in [0.2, 0.25) is 0 Å². The van der Waals surface area contributed by atoms with Crippen LogP contribution in [-0.2, 0) is 9.53 Å². The molecular weight excluding hydrogens is 166 g/mol. The van der Waals surface area contributed by atoms with Gasteiger partial charge in [0.25, 0.3) is 0 Å². The number of hydrogen-bond donors (Lipinski definition) is 1. The zero-order chi connectivity index (χ0) is 10.3. The molecule has 1 N–H and O–H groups in total. The van der Waals surface area contributed by atoms with Gasteiger partial charge in [-0.15, -0.1) is 6.58 Å². The molecule has 0 aliphatic heterocycles. The van der Waals surface area contributed by atoms with Crippen molar-refractivity contribution in [2.45, 2.75) is 39.3 Å². The van der Waals surface area contributed by atoms with Crippen LogP contribution in [0.4, 0.5) is 0 Å². The highest BCUT2D eigenvalue weighted by Crippen LogP contribution is 1.96. The Morgan fingerprint density at radius 3 is 2.69 bits per heavy atom. The summed E-state index contributed by atoms with van der Waals surface area (Å²) < 4.78 is 4.82. The summed E-state index contributed by atoms with van der Waals surface area (Å²) in [5.74, 6) is -0.154. The third-order valence-electron chi connectivity index (χ3n) is 1.68. The van der Waals surface area contributed by atoms with Crippen molar-refractivity contribution in [3.05, 3.63) is 12.7 Å². The molecule has 0 aromatic rings. The van der Waals surface area contributed by atoms with E-state index >= 15 is 0 Å². The van der Waals surface area contributed by atoms with Crippen LogP contribution in [0.3, 0.4) is 0 Å². The summed E-state index contributed by atoms with van der Waals surface area (Å²) >= 11 is 0. The highest BCUT2D eigenvalue weighted by molar-refractivity contribution is 5.70. The Labute approximate surface area is 80.2 Å². The standard InChI is InChI=1S/C10H19NO2/c1-5-8(3)11-9(4)7-10(12)13-6-2/h5,8-9,11H,1,6-7H2,2-4H3. The molecule has 0 aliphatic rings. The Kier molecular flexibility index (Phi) is 6.24.